The maximum absolute atomic E-state index is 13.2. The van der Waals surface area contributed by atoms with E-state index < -0.39 is 11.4 Å². The highest BCUT2D eigenvalue weighted by Gasteiger charge is 2.50. The van der Waals surface area contributed by atoms with Gasteiger partial charge in [-0.25, -0.2) is 9.37 Å². The molecule has 0 atom stereocenters. The molecule has 4 aromatic rings. The normalized spacial score (nSPS) is 14.2. The highest BCUT2D eigenvalue weighted by molar-refractivity contribution is 7.19. The number of rotatable bonds is 7. The fourth-order valence-electron chi connectivity index (χ4n) is 3.70. The van der Waals surface area contributed by atoms with Crippen molar-refractivity contribution in [3.05, 3.63) is 84.7 Å². The van der Waals surface area contributed by atoms with Gasteiger partial charge in [0.1, 0.15) is 5.82 Å². The van der Waals surface area contributed by atoms with Crippen molar-refractivity contribution in [2.75, 3.05) is 11.9 Å². The van der Waals surface area contributed by atoms with Crippen LogP contribution in [0.15, 0.2) is 78.9 Å². The Hall–Kier alpha value is -3.51. The quantitative estimate of drug-likeness (QED) is 0.339. The van der Waals surface area contributed by atoms with Gasteiger partial charge in [0.15, 0.2) is 5.13 Å². The molecular formula is C26H21FN2O2S. The second kappa shape index (κ2) is 8.20. The van der Waals surface area contributed by atoms with Crippen LogP contribution >= 0.6 is 11.3 Å². The summed E-state index contributed by atoms with van der Waals surface area (Å²) in [7, 11) is 0. The minimum Gasteiger partial charge on any atom is -0.481 e. The smallest absolute Gasteiger partial charge is 0.311 e. The SMILES string of the molecule is O=C(O)C1(CNc2nc(-c3ccc(-c4ccc(F)cc4)cc3)c(-c3ccccc3)s2)CC1. The van der Waals surface area contributed by atoms with Crippen molar-refractivity contribution in [2.45, 2.75) is 12.8 Å². The number of thiazole rings is 1. The number of carboxylic acids is 1. The van der Waals surface area contributed by atoms with Crippen LogP contribution in [-0.2, 0) is 4.79 Å². The molecule has 2 N–H and O–H groups in total. The summed E-state index contributed by atoms with van der Waals surface area (Å²) in [5, 5.41) is 13.4. The van der Waals surface area contributed by atoms with Crippen LogP contribution in [0.3, 0.4) is 0 Å². The van der Waals surface area contributed by atoms with Crippen molar-refractivity contribution in [3.8, 4) is 32.8 Å². The van der Waals surface area contributed by atoms with E-state index in [2.05, 4.69) is 5.32 Å². The molecule has 1 heterocycles. The number of carboxylic acid groups (broad SMARTS) is 1. The van der Waals surface area contributed by atoms with Gasteiger partial charge in [-0.05, 0) is 41.7 Å². The van der Waals surface area contributed by atoms with Crippen LogP contribution < -0.4 is 5.32 Å². The van der Waals surface area contributed by atoms with Gasteiger partial charge in [-0.3, -0.25) is 4.79 Å². The second-order valence-electron chi connectivity index (χ2n) is 8.09. The second-order valence-corrected chi connectivity index (χ2v) is 9.09. The fraction of sp³-hybridized carbons (Fsp3) is 0.154. The first-order valence-electron chi connectivity index (χ1n) is 10.4. The van der Waals surface area contributed by atoms with Crippen molar-refractivity contribution in [1.29, 1.82) is 0 Å². The highest BCUT2D eigenvalue weighted by atomic mass is 32.1. The van der Waals surface area contributed by atoms with Crippen molar-refractivity contribution < 1.29 is 14.3 Å². The van der Waals surface area contributed by atoms with Gasteiger partial charge < -0.3 is 10.4 Å². The van der Waals surface area contributed by atoms with Gasteiger partial charge in [0.25, 0.3) is 0 Å². The average molecular weight is 445 g/mol. The van der Waals surface area contributed by atoms with Gasteiger partial charge in [-0.15, -0.1) is 0 Å². The molecule has 0 unspecified atom stereocenters. The molecule has 4 nitrogen and oxygen atoms in total. The van der Waals surface area contributed by atoms with Gasteiger partial charge >= 0.3 is 5.97 Å². The maximum atomic E-state index is 13.2. The number of halogens is 1. The zero-order valence-corrected chi connectivity index (χ0v) is 18.0. The maximum Gasteiger partial charge on any atom is 0.311 e. The van der Waals surface area contributed by atoms with Crippen LogP contribution in [-0.4, -0.2) is 22.6 Å². The standard InChI is InChI=1S/C26H21FN2O2S/c27-21-12-10-18(11-13-21)17-6-8-19(9-7-17)22-23(20-4-2-1-3-5-20)32-25(29-22)28-16-26(14-15-26)24(30)31/h1-13H,14-16H2,(H,28,29)(H,30,31). The van der Waals surface area contributed by atoms with E-state index in [0.717, 1.165) is 32.8 Å². The van der Waals surface area contributed by atoms with Gasteiger partial charge in [0, 0.05) is 12.1 Å². The zero-order valence-electron chi connectivity index (χ0n) is 17.2. The largest absolute Gasteiger partial charge is 0.481 e. The van der Waals surface area contributed by atoms with Crippen LogP contribution in [0, 0.1) is 11.2 Å². The summed E-state index contributed by atoms with van der Waals surface area (Å²) < 4.78 is 13.2. The topological polar surface area (TPSA) is 62.2 Å². The molecule has 0 amide bonds. The molecule has 32 heavy (non-hydrogen) atoms. The van der Waals surface area contributed by atoms with E-state index >= 15 is 0 Å². The summed E-state index contributed by atoms with van der Waals surface area (Å²) >= 11 is 1.53. The Kier molecular flexibility index (Phi) is 5.23. The van der Waals surface area contributed by atoms with Crippen LogP contribution in [0.1, 0.15) is 12.8 Å². The molecule has 3 aromatic carbocycles. The third kappa shape index (κ3) is 4.01. The summed E-state index contributed by atoms with van der Waals surface area (Å²) in [6, 6.07) is 24.6. The number of benzene rings is 3. The lowest BCUT2D eigenvalue weighted by Gasteiger charge is -2.09. The molecular weight excluding hydrogens is 423 g/mol. The third-order valence-corrected chi connectivity index (χ3v) is 6.95. The van der Waals surface area contributed by atoms with E-state index in [1.54, 1.807) is 12.1 Å². The Morgan fingerprint density at radius 1 is 0.906 bits per heavy atom. The molecule has 0 saturated heterocycles. The number of hydrogen-bond donors (Lipinski definition) is 2. The summed E-state index contributed by atoms with van der Waals surface area (Å²) in [5.41, 5.74) is 4.18. The molecule has 1 saturated carbocycles. The Balaban J connectivity index is 1.47. The van der Waals surface area contributed by atoms with Crippen LogP contribution in [0.5, 0.6) is 0 Å². The molecule has 0 bridgehead atoms. The third-order valence-electron chi connectivity index (χ3n) is 5.88. The molecule has 0 spiro atoms. The van der Waals surface area contributed by atoms with E-state index in [4.69, 9.17) is 4.98 Å². The fourth-order valence-corrected chi connectivity index (χ4v) is 4.69. The first-order chi connectivity index (χ1) is 15.5. The predicted octanol–water partition coefficient (Wildman–Crippen LogP) is 6.56. The minimum atomic E-state index is -0.749. The monoisotopic (exact) mass is 444 g/mol. The van der Waals surface area contributed by atoms with Crippen molar-refractivity contribution in [3.63, 3.8) is 0 Å². The van der Waals surface area contributed by atoms with E-state index in [0.29, 0.717) is 24.5 Å². The molecule has 0 radical (unpaired) electrons. The molecule has 6 heteroatoms. The summed E-state index contributed by atoms with van der Waals surface area (Å²) in [6.45, 7) is 0.382. The Morgan fingerprint density at radius 2 is 1.50 bits per heavy atom. The van der Waals surface area contributed by atoms with E-state index in [1.165, 1.54) is 23.5 Å². The first-order valence-corrected chi connectivity index (χ1v) is 11.3. The number of nitrogens with one attached hydrogen (secondary N) is 1. The molecule has 160 valence electrons. The Bertz CT molecular complexity index is 1250. The lowest BCUT2D eigenvalue weighted by atomic mass is 10.0. The molecule has 1 aromatic heterocycles. The van der Waals surface area contributed by atoms with Crippen LogP contribution in [0.4, 0.5) is 9.52 Å². The zero-order chi connectivity index (χ0) is 22.1. The van der Waals surface area contributed by atoms with Gasteiger partial charge in [0.2, 0.25) is 0 Å². The Morgan fingerprint density at radius 3 is 2.09 bits per heavy atom. The molecule has 0 aliphatic heterocycles. The van der Waals surface area contributed by atoms with Crippen molar-refractivity contribution >= 4 is 22.4 Å². The number of hydrogen-bond acceptors (Lipinski definition) is 4. The summed E-state index contributed by atoms with van der Waals surface area (Å²) in [4.78, 5) is 17.4. The molecule has 1 fully saturated rings. The number of aliphatic carboxylic acids is 1. The van der Waals surface area contributed by atoms with Gasteiger partial charge in [-0.1, -0.05) is 78.1 Å². The number of anilines is 1. The minimum absolute atomic E-state index is 0.253. The Labute approximate surface area is 189 Å². The number of aromatic nitrogens is 1. The highest BCUT2D eigenvalue weighted by Crippen LogP contribution is 2.46. The van der Waals surface area contributed by atoms with Crippen molar-refractivity contribution in [1.82, 2.24) is 4.98 Å². The average Bonchev–Trinajstić information content (AvgIpc) is 3.51. The van der Waals surface area contributed by atoms with E-state index in [-0.39, 0.29) is 5.82 Å². The van der Waals surface area contributed by atoms with Crippen LogP contribution in [0.25, 0.3) is 32.8 Å². The van der Waals surface area contributed by atoms with Gasteiger partial charge in [0.05, 0.1) is 16.0 Å². The van der Waals surface area contributed by atoms with Crippen LogP contribution in [0.2, 0.25) is 0 Å². The lowest BCUT2D eigenvalue weighted by Crippen LogP contribution is -2.24. The van der Waals surface area contributed by atoms with E-state index in [1.807, 2.05) is 54.6 Å². The molecule has 1 aliphatic rings. The number of carbonyl (C=O) groups is 1. The summed E-state index contributed by atoms with van der Waals surface area (Å²) in [6.07, 6.45) is 1.40. The molecule has 5 rings (SSSR count). The predicted molar refractivity (Wildman–Crippen MR) is 126 cm³/mol. The molecule has 1 aliphatic carbocycles. The number of nitrogens with zero attached hydrogens (tertiary/aromatic N) is 1. The summed E-state index contributed by atoms with van der Waals surface area (Å²) in [5.74, 6) is -1.00. The van der Waals surface area contributed by atoms with E-state index in [9.17, 15) is 14.3 Å². The van der Waals surface area contributed by atoms with Gasteiger partial charge in [-0.2, -0.15) is 0 Å². The lowest BCUT2D eigenvalue weighted by molar-refractivity contribution is -0.142. The van der Waals surface area contributed by atoms with Crippen molar-refractivity contribution in [2.24, 2.45) is 5.41 Å². The first kappa shape index (κ1) is 20.4.